The smallest absolute Gasteiger partial charge is 0.224 e. The fourth-order valence-electron chi connectivity index (χ4n) is 1.89. The van der Waals surface area contributed by atoms with E-state index < -0.39 is 5.54 Å². The number of hydrogen-bond acceptors (Lipinski definition) is 2. The molecule has 0 saturated heterocycles. The minimum absolute atomic E-state index is 0.0238. The van der Waals surface area contributed by atoms with Crippen LogP contribution in [0.25, 0.3) is 0 Å². The van der Waals surface area contributed by atoms with Gasteiger partial charge in [-0.2, -0.15) is 0 Å². The number of rotatable bonds is 4. The molecule has 0 radical (unpaired) electrons. The Bertz CT molecular complexity index is 343. The van der Waals surface area contributed by atoms with Crippen LogP contribution in [0.3, 0.4) is 0 Å². The maximum Gasteiger partial charge on any atom is 0.224 e. The number of hydrogen-bond donors (Lipinski definition) is 1. The van der Waals surface area contributed by atoms with E-state index in [4.69, 9.17) is 0 Å². The van der Waals surface area contributed by atoms with Gasteiger partial charge in [0.15, 0.2) is 5.78 Å². The molecule has 0 aliphatic carbocycles. The molecule has 1 atom stereocenters. The van der Waals surface area contributed by atoms with Crippen LogP contribution < -0.4 is 5.32 Å². The van der Waals surface area contributed by atoms with E-state index in [2.05, 4.69) is 46.9 Å². The van der Waals surface area contributed by atoms with Crippen molar-refractivity contribution in [1.29, 1.82) is 0 Å². The van der Waals surface area contributed by atoms with Crippen LogP contribution in [0, 0.1) is 16.7 Å². The molecule has 1 amide bonds. The average molecular weight is 269 g/mol. The van der Waals surface area contributed by atoms with Gasteiger partial charge in [-0.05, 0) is 38.0 Å². The molecule has 0 aliphatic heterocycles. The summed E-state index contributed by atoms with van der Waals surface area (Å²) >= 11 is 0. The first-order valence-electron chi connectivity index (χ1n) is 7.00. The van der Waals surface area contributed by atoms with Gasteiger partial charge in [0.05, 0.1) is 5.54 Å². The molecule has 0 aromatic carbocycles. The number of Topliss-reactive ketones (excluding diaryl/α,β-unsaturated/α-hetero) is 1. The molecule has 0 saturated carbocycles. The lowest BCUT2D eigenvalue weighted by Gasteiger charge is -2.36. The highest BCUT2D eigenvalue weighted by Crippen LogP contribution is 2.36. The fraction of sp³-hybridized carbons (Fsp3) is 0.875. The molecule has 0 bridgehead atoms. The van der Waals surface area contributed by atoms with Gasteiger partial charge in [-0.25, -0.2) is 0 Å². The van der Waals surface area contributed by atoms with E-state index in [1.165, 1.54) is 6.92 Å². The lowest BCUT2D eigenvalue weighted by molar-refractivity contribution is -0.135. The molecule has 1 N–H and O–H groups in total. The molecule has 0 fully saturated rings. The summed E-state index contributed by atoms with van der Waals surface area (Å²) in [5.74, 6) is -0.155. The maximum atomic E-state index is 12.5. The van der Waals surface area contributed by atoms with Gasteiger partial charge in [0.25, 0.3) is 0 Å². The summed E-state index contributed by atoms with van der Waals surface area (Å²) in [6, 6.07) is 0. The Morgan fingerprint density at radius 3 is 1.63 bits per heavy atom. The van der Waals surface area contributed by atoms with E-state index in [1.54, 1.807) is 13.8 Å². The molecule has 112 valence electrons. The van der Waals surface area contributed by atoms with E-state index in [1.807, 2.05) is 0 Å². The van der Waals surface area contributed by atoms with Gasteiger partial charge in [-0.15, -0.1) is 0 Å². The van der Waals surface area contributed by atoms with E-state index in [0.717, 1.165) is 6.42 Å². The van der Waals surface area contributed by atoms with Gasteiger partial charge in [0, 0.05) is 5.92 Å². The van der Waals surface area contributed by atoms with Crippen LogP contribution in [-0.4, -0.2) is 17.2 Å². The lowest BCUT2D eigenvalue weighted by Crippen LogP contribution is -2.53. The number of carbonyl (C=O) groups excluding carboxylic acids is 2. The summed E-state index contributed by atoms with van der Waals surface area (Å²) in [6.45, 7) is 17.6. The van der Waals surface area contributed by atoms with Crippen LogP contribution in [0.5, 0.6) is 0 Å². The summed E-state index contributed by atoms with van der Waals surface area (Å²) in [5, 5.41) is 2.90. The molecule has 0 aromatic heterocycles. The van der Waals surface area contributed by atoms with Crippen molar-refractivity contribution in [2.75, 3.05) is 0 Å². The number of amides is 1. The summed E-state index contributed by atoms with van der Waals surface area (Å²) in [6.07, 6.45) is 0.802. The number of nitrogens with one attached hydrogen (secondary N) is 1. The van der Waals surface area contributed by atoms with E-state index >= 15 is 0 Å². The second kappa shape index (κ2) is 5.64. The average Bonchev–Trinajstić information content (AvgIpc) is 2.09. The molecule has 0 spiro atoms. The highest BCUT2D eigenvalue weighted by atomic mass is 16.2. The Hall–Kier alpha value is -0.860. The molecule has 1 unspecified atom stereocenters. The van der Waals surface area contributed by atoms with Crippen molar-refractivity contribution < 1.29 is 9.59 Å². The van der Waals surface area contributed by atoms with Crippen molar-refractivity contribution in [1.82, 2.24) is 5.32 Å². The third-order valence-corrected chi connectivity index (χ3v) is 3.49. The van der Waals surface area contributed by atoms with Crippen molar-refractivity contribution in [2.24, 2.45) is 16.7 Å². The van der Waals surface area contributed by atoms with Crippen molar-refractivity contribution in [3.63, 3.8) is 0 Å². The molecular formula is C16H31NO2. The Kier molecular flexibility index (Phi) is 5.38. The van der Waals surface area contributed by atoms with Gasteiger partial charge in [-0.3, -0.25) is 9.59 Å². The highest BCUT2D eigenvalue weighted by molar-refractivity contribution is 5.91. The van der Waals surface area contributed by atoms with Crippen molar-refractivity contribution in [2.45, 2.75) is 74.3 Å². The maximum absolute atomic E-state index is 12.5. The van der Waals surface area contributed by atoms with Crippen LogP contribution in [-0.2, 0) is 9.59 Å². The van der Waals surface area contributed by atoms with Crippen LogP contribution in [0.4, 0.5) is 0 Å². The van der Waals surface area contributed by atoms with Gasteiger partial charge in [0.1, 0.15) is 0 Å². The highest BCUT2D eigenvalue weighted by Gasteiger charge is 2.37. The molecule has 0 heterocycles. The monoisotopic (exact) mass is 269 g/mol. The molecule has 19 heavy (non-hydrogen) atoms. The standard InChI is InChI=1S/C16H31NO2/c1-11(18)16(8,9)17-13(19)12(15(5,6)7)10-14(2,3)4/h12H,10H2,1-9H3,(H,17,19). The van der Waals surface area contributed by atoms with E-state index in [0.29, 0.717) is 0 Å². The minimum atomic E-state index is -0.793. The lowest BCUT2D eigenvalue weighted by atomic mass is 9.71. The number of ketones is 1. The first kappa shape index (κ1) is 18.1. The third-order valence-electron chi connectivity index (χ3n) is 3.49. The Morgan fingerprint density at radius 2 is 1.37 bits per heavy atom. The predicted octanol–water partition coefficient (Wildman–Crippen LogP) is 3.57. The minimum Gasteiger partial charge on any atom is -0.344 e. The summed E-state index contributed by atoms with van der Waals surface area (Å²) in [7, 11) is 0. The predicted molar refractivity (Wildman–Crippen MR) is 79.9 cm³/mol. The Morgan fingerprint density at radius 1 is 0.947 bits per heavy atom. The van der Waals surface area contributed by atoms with Crippen molar-refractivity contribution in [3.05, 3.63) is 0 Å². The van der Waals surface area contributed by atoms with E-state index in [9.17, 15) is 9.59 Å². The third kappa shape index (κ3) is 6.22. The zero-order valence-electron chi connectivity index (χ0n) is 14.1. The fourth-order valence-corrected chi connectivity index (χ4v) is 1.89. The Balaban J connectivity index is 5.10. The first-order chi connectivity index (χ1) is 8.17. The second-order valence-electron chi connectivity index (χ2n) is 8.35. The van der Waals surface area contributed by atoms with Gasteiger partial charge >= 0.3 is 0 Å². The van der Waals surface area contributed by atoms with Crippen molar-refractivity contribution in [3.8, 4) is 0 Å². The van der Waals surface area contributed by atoms with Gasteiger partial charge in [-0.1, -0.05) is 41.5 Å². The Labute approximate surface area is 118 Å². The molecule has 3 nitrogen and oxygen atoms in total. The summed E-state index contributed by atoms with van der Waals surface area (Å²) in [4.78, 5) is 24.1. The SMILES string of the molecule is CC(=O)C(C)(C)NC(=O)C(CC(C)(C)C)C(C)(C)C. The first-order valence-corrected chi connectivity index (χ1v) is 7.00. The van der Waals surface area contributed by atoms with Gasteiger partial charge in [0.2, 0.25) is 5.91 Å². The largest absolute Gasteiger partial charge is 0.344 e. The van der Waals surface area contributed by atoms with Crippen LogP contribution in [0.2, 0.25) is 0 Å². The zero-order chi connectivity index (χ0) is 15.6. The van der Waals surface area contributed by atoms with Crippen LogP contribution in [0.1, 0.15) is 68.7 Å². The molecule has 0 rings (SSSR count). The quantitative estimate of drug-likeness (QED) is 0.848. The molecule has 0 aromatic rings. The zero-order valence-corrected chi connectivity index (χ0v) is 14.1. The summed E-state index contributed by atoms with van der Waals surface area (Å²) in [5.41, 5.74) is -0.835. The molecule has 0 aliphatic rings. The normalized spacial score (nSPS) is 15.0. The van der Waals surface area contributed by atoms with Crippen LogP contribution in [0.15, 0.2) is 0 Å². The number of carbonyl (C=O) groups is 2. The molecule has 3 heteroatoms. The van der Waals surface area contributed by atoms with Crippen molar-refractivity contribution >= 4 is 11.7 Å². The summed E-state index contributed by atoms with van der Waals surface area (Å²) < 4.78 is 0. The topological polar surface area (TPSA) is 46.2 Å². The second-order valence-corrected chi connectivity index (χ2v) is 8.35. The molecular weight excluding hydrogens is 238 g/mol. The van der Waals surface area contributed by atoms with Crippen LogP contribution >= 0.6 is 0 Å². The van der Waals surface area contributed by atoms with E-state index in [-0.39, 0.29) is 28.4 Å². The van der Waals surface area contributed by atoms with Gasteiger partial charge < -0.3 is 5.32 Å².